The van der Waals surface area contributed by atoms with Crippen LogP contribution in [0.3, 0.4) is 0 Å². The molecule has 1 saturated carbocycles. The van der Waals surface area contributed by atoms with E-state index < -0.39 is 0 Å². The minimum atomic E-state index is 0.417. The van der Waals surface area contributed by atoms with E-state index in [0.29, 0.717) is 5.41 Å². The van der Waals surface area contributed by atoms with Gasteiger partial charge in [-0.25, -0.2) is 0 Å². The molecule has 0 saturated heterocycles. The van der Waals surface area contributed by atoms with Crippen LogP contribution in [-0.4, -0.2) is 26.8 Å². The molecule has 2 unspecified atom stereocenters. The second kappa shape index (κ2) is 6.18. The molecular formula is C15H22BrNO. The molecule has 0 bridgehead atoms. The van der Waals surface area contributed by atoms with Gasteiger partial charge in [-0.3, -0.25) is 0 Å². The van der Waals surface area contributed by atoms with Crippen LogP contribution < -0.4 is 5.32 Å². The fourth-order valence-electron chi connectivity index (χ4n) is 2.87. The Bertz CT molecular complexity index is 379. The summed E-state index contributed by atoms with van der Waals surface area (Å²) in [6.07, 6.45) is 2.54. The van der Waals surface area contributed by atoms with E-state index >= 15 is 0 Å². The van der Waals surface area contributed by atoms with Crippen molar-refractivity contribution in [3.63, 3.8) is 0 Å². The van der Waals surface area contributed by atoms with Crippen molar-refractivity contribution in [2.75, 3.05) is 26.8 Å². The van der Waals surface area contributed by atoms with E-state index in [0.717, 1.165) is 30.1 Å². The van der Waals surface area contributed by atoms with E-state index in [4.69, 9.17) is 4.74 Å². The third-order valence-electron chi connectivity index (χ3n) is 4.16. The summed E-state index contributed by atoms with van der Waals surface area (Å²) >= 11 is 3.50. The van der Waals surface area contributed by atoms with Crippen LogP contribution in [0.4, 0.5) is 0 Å². The largest absolute Gasteiger partial charge is 0.383 e. The van der Waals surface area contributed by atoms with Crippen molar-refractivity contribution in [3.8, 4) is 0 Å². The zero-order valence-electron chi connectivity index (χ0n) is 11.2. The molecule has 100 valence electrons. The van der Waals surface area contributed by atoms with Crippen molar-refractivity contribution in [2.24, 2.45) is 5.92 Å². The molecule has 1 aromatic rings. The Kier molecular flexibility index (Phi) is 4.82. The van der Waals surface area contributed by atoms with Gasteiger partial charge in [0.1, 0.15) is 0 Å². The van der Waals surface area contributed by atoms with Crippen LogP contribution in [0.25, 0.3) is 0 Å². The SMILES string of the molecule is CCC1(c2ccc(Br)cc2)CC1CNCCOC. The highest BCUT2D eigenvalue weighted by Crippen LogP contribution is 2.56. The van der Waals surface area contributed by atoms with Crippen LogP contribution in [-0.2, 0) is 10.2 Å². The van der Waals surface area contributed by atoms with E-state index in [-0.39, 0.29) is 0 Å². The molecule has 1 aromatic carbocycles. The van der Waals surface area contributed by atoms with Gasteiger partial charge in [0.05, 0.1) is 6.61 Å². The topological polar surface area (TPSA) is 21.3 Å². The molecular weight excluding hydrogens is 290 g/mol. The molecule has 1 N–H and O–H groups in total. The first-order valence-corrected chi connectivity index (χ1v) is 7.48. The Hall–Kier alpha value is -0.380. The van der Waals surface area contributed by atoms with E-state index in [1.165, 1.54) is 18.4 Å². The number of hydrogen-bond donors (Lipinski definition) is 1. The third-order valence-corrected chi connectivity index (χ3v) is 4.68. The molecule has 1 aliphatic rings. The van der Waals surface area contributed by atoms with Gasteiger partial charge in [-0.05, 0) is 48.4 Å². The third kappa shape index (κ3) is 2.95. The van der Waals surface area contributed by atoms with Crippen molar-refractivity contribution in [1.29, 1.82) is 0 Å². The quantitative estimate of drug-likeness (QED) is 0.780. The van der Waals surface area contributed by atoms with Crippen molar-refractivity contribution >= 4 is 15.9 Å². The number of rotatable bonds is 7. The van der Waals surface area contributed by atoms with Gasteiger partial charge < -0.3 is 10.1 Å². The summed E-state index contributed by atoms with van der Waals surface area (Å²) in [5.41, 5.74) is 1.91. The smallest absolute Gasteiger partial charge is 0.0587 e. The Morgan fingerprint density at radius 2 is 2.11 bits per heavy atom. The second-order valence-corrected chi connectivity index (χ2v) is 6.03. The molecule has 2 atom stereocenters. The molecule has 2 nitrogen and oxygen atoms in total. The maximum absolute atomic E-state index is 5.05. The maximum Gasteiger partial charge on any atom is 0.0587 e. The highest BCUT2D eigenvalue weighted by Gasteiger charge is 2.52. The molecule has 0 amide bonds. The van der Waals surface area contributed by atoms with Crippen LogP contribution in [0, 0.1) is 5.92 Å². The van der Waals surface area contributed by atoms with E-state index in [2.05, 4.69) is 52.4 Å². The molecule has 0 heterocycles. The molecule has 1 fully saturated rings. The van der Waals surface area contributed by atoms with Gasteiger partial charge >= 0.3 is 0 Å². The van der Waals surface area contributed by atoms with Crippen molar-refractivity contribution in [1.82, 2.24) is 5.32 Å². The zero-order valence-corrected chi connectivity index (χ0v) is 12.8. The maximum atomic E-state index is 5.05. The summed E-state index contributed by atoms with van der Waals surface area (Å²) in [5.74, 6) is 0.778. The number of nitrogens with one attached hydrogen (secondary N) is 1. The monoisotopic (exact) mass is 311 g/mol. The summed E-state index contributed by atoms with van der Waals surface area (Å²) < 4.78 is 6.21. The Balaban J connectivity index is 1.92. The molecule has 0 radical (unpaired) electrons. The predicted molar refractivity (Wildman–Crippen MR) is 79.0 cm³/mol. The number of hydrogen-bond acceptors (Lipinski definition) is 2. The van der Waals surface area contributed by atoms with Crippen molar-refractivity contribution < 1.29 is 4.74 Å². The van der Waals surface area contributed by atoms with Crippen LogP contribution >= 0.6 is 15.9 Å². The van der Waals surface area contributed by atoms with Crippen LogP contribution in [0.5, 0.6) is 0 Å². The van der Waals surface area contributed by atoms with Gasteiger partial charge in [0.25, 0.3) is 0 Å². The van der Waals surface area contributed by atoms with Crippen LogP contribution in [0.2, 0.25) is 0 Å². The lowest BCUT2D eigenvalue weighted by atomic mass is 9.90. The predicted octanol–water partition coefficient (Wildman–Crippen LogP) is 3.35. The fourth-order valence-corrected chi connectivity index (χ4v) is 3.14. The normalized spacial score (nSPS) is 26.3. The van der Waals surface area contributed by atoms with Crippen molar-refractivity contribution in [2.45, 2.75) is 25.2 Å². The summed E-state index contributed by atoms with van der Waals surface area (Å²) in [6.45, 7) is 5.15. The lowest BCUT2D eigenvalue weighted by Gasteiger charge is -2.16. The van der Waals surface area contributed by atoms with E-state index in [1.807, 2.05) is 0 Å². The molecule has 1 aliphatic carbocycles. The van der Waals surface area contributed by atoms with Gasteiger partial charge in [0.2, 0.25) is 0 Å². The van der Waals surface area contributed by atoms with Crippen LogP contribution in [0.1, 0.15) is 25.3 Å². The summed E-state index contributed by atoms with van der Waals surface area (Å²) in [4.78, 5) is 0. The lowest BCUT2D eigenvalue weighted by Crippen LogP contribution is -2.24. The number of methoxy groups -OCH3 is 1. The van der Waals surface area contributed by atoms with Gasteiger partial charge in [-0.2, -0.15) is 0 Å². The number of ether oxygens (including phenoxy) is 1. The van der Waals surface area contributed by atoms with E-state index in [9.17, 15) is 0 Å². The minimum Gasteiger partial charge on any atom is -0.383 e. The summed E-state index contributed by atoms with van der Waals surface area (Å²) in [5, 5.41) is 3.48. The summed E-state index contributed by atoms with van der Waals surface area (Å²) in [6, 6.07) is 8.84. The number of halogens is 1. The first-order valence-electron chi connectivity index (χ1n) is 6.68. The molecule has 18 heavy (non-hydrogen) atoms. The highest BCUT2D eigenvalue weighted by molar-refractivity contribution is 9.10. The fraction of sp³-hybridized carbons (Fsp3) is 0.600. The van der Waals surface area contributed by atoms with Gasteiger partial charge in [-0.1, -0.05) is 35.0 Å². The Morgan fingerprint density at radius 1 is 1.39 bits per heavy atom. The molecule has 0 aromatic heterocycles. The number of benzene rings is 1. The first kappa shape index (κ1) is 14.0. The molecule has 3 heteroatoms. The zero-order chi connectivity index (χ0) is 13.0. The molecule has 0 spiro atoms. The summed E-state index contributed by atoms with van der Waals surface area (Å²) in [7, 11) is 1.75. The second-order valence-electron chi connectivity index (χ2n) is 5.11. The average molecular weight is 312 g/mol. The van der Waals surface area contributed by atoms with Gasteiger partial charge in [-0.15, -0.1) is 0 Å². The van der Waals surface area contributed by atoms with Gasteiger partial charge in [0.15, 0.2) is 0 Å². The van der Waals surface area contributed by atoms with Crippen molar-refractivity contribution in [3.05, 3.63) is 34.3 Å². The van der Waals surface area contributed by atoms with E-state index in [1.54, 1.807) is 7.11 Å². The molecule has 2 rings (SSSR count). The lowest BCUT2D eigenvalue weighted by molar-refractivity contribution is 0.199. The highest BCUT2D eigenvalue weighted by atomic mass is 79.9. The van der Waals surface area contributed by atoms with Crippen LogP contribution in [0.15, 0.2) is 28.7 Å². The first-order chi connectivity index (χ1) is 8.73. The minimum absolute atomic E-state index is 0.417. The average Bonchev–Trinajstić information content (AvgIpc) is 3.10. The Morgan fingerprint density at radius 3 is 2.72 bits per heavy atom. The standard InChI is InChI=1S/C15H22BrNO/c1-3-15(12-4-6-14(16)7-5-12)10-13(15)11-17-8-9-18-2/h4-7,13,17H,3,8-11H2,1-2H3. The Labute approximate surface area is 118 Å². The van der Waals surface area contributed by atoms with Gasteiger partial charge in [0, 0.05) is 18.1 Å². The molecule has 0 aliphatic heterocycles.